The van der Waals surface area contributed by atoms with E-state index in [-0.39, 0.29) is 37.2 Å². The molecule has 0 bridgehead atoms. The molecule has 2 saturated heterocycles. The highest BCUT2D eigenvalue weighted by molar-refractivity contribution is 5.92. The molecule has 1 N–H and O–H groups in total. The quantitative estimate of drug-likeness (QED) is 0.881. The minimum Gasteiger partial charge on any atom is -0.395 e. The van der Waals surface area contributed by atoms with Crippen molar-refractivity contribution in [3.8, 4) is 0 Å². The second-order valence-electron chi connectivity index (χ2n) is 5.76. The Morgan fingerprint density at radius 3 is 2.86 bits per heavy atom. The number of aryl methyl sites for hydroxylation is 1. The third-order valence-electron chi connectivity index (χ3n) is 4.09. The van der Waals surface area contributed by atoms with Gasteiger partial charge in [-0.2, -0.15) is 0 Å². The van der Waals surface area contributed by atoms with Crippen molar-refractivity contribution < 1.29 is 23.2 Å². The number of likely N-dealkylation sites (tertiary alicyclic amines) is 2. The fourth-order valence-electron chi connectivity index (χ4n) is 2.98. The van der Waals surface area contributed by atoms with Gasteiger partial charge in [-0.3, -0.25) is 9.69 Å². The van der Waals surface area contributed by atoms with Crippen molar-refractivity contribution in [2.45, 2.75) is 31.4 Å². The standard InChI is InChI=1S/C13H17F2N3O3/c1-8-2-11(16-21-8)12(20)17-4-10(5-17)18-7-13(14,15)3-9(18)6-19/h2,9-10,19H,3-7H2,1H3/t9-/m0/s1. The highest BCUT2D eigenvalue weighted by atomic mass is 19.3. The van der Waals surface area contributed by atoms with Crippen molar-refractivity contribution >= 4 is 5.91 Å². The number of hydrogen-bond acceptors (Lipinski definition) is 5. The summed E-state index contributed by atoms with van der Waals surface area (Å²) < 4.78 is 31.7. The first-order chi connectivity index (χ1) is 9.89. The van der Waals surface area contributed by atoms with E-state index < -0.39 is 12.0 Å². The van der Waals surface area contributed by atoms with E-state index in [1.54, 1.807) is 22.8 Å². The summed E-state index contributed by atoms with van der Waals surface area (Å²) in [4.78, 5) is 15.2. The Balaban J connectivity index is 1.59. The lowest BCUT2D eigenvalue weighted by Crippen LogP contribution is -2.62. The van der Waals surface area contributed by atoms with Crippen LogP contribution in [0.4, 0.5) is 8.78 Å². The van der Waals surface area contributed by atoms with Crippen LogP contribution in [-0.2, 0) is 0 Å². The van der Waals surface area contributed by atoms with E-state index in [1.807, 2.05) is 0 Å². The molecule has 0 spiro atoms. The molecule has 2 aliphatic heterocycles. The van der Waals surface area contributed by atoms with Gasteiger partial charge in [0.15, 0.2) is 5.69 Å². The number of aromatic nitrogens is 1. The predicted molar refractivity (Wildman–Crippen MR) is 68.1 cm³/mol. The molecule has 0 saturated carbocycles. The van der Waals surface area contributed by atoms with Gasteiger partial charge < -0.3 is 14.5 Å². The molecule has 21 heavy (non-hydrogen) atoms. The van der Waals surface area contributed by atoms with Crippen molar-refractivity contribution in [2.24, 2.45) is 0 Å². The van der Waals surface area contributed by atoms with Gasteiger partial charge >= 0.3 is 0 Å². The van der Waals surface area contributed by atoms with Gasteiger partial charge in [-0.15, -0.1) is 0 Å². The summed E-state index contributed by atoms with van der Waals surface area (Å²) in [6.45, 7) is 1.80. The number of nitrogens with zero attached hydrogens (tertiary/aromatic N) is 3. The van der Waals surface area contributed by atoms with Crippen molar-refractivity contribution in [3.63, 3.8) is 0 Å². The number of alkyl halides is 2. The van der Waals surface area contributed by atoms with E-state index >= 15 is 0 Å². The first-order valence-corrected chi connectivity index (χ1v) is 6.86. The highest BCUT2D eigenvalue weighted by Gasteiger charge is 2.50. The van der Waals surface area contributed by atoms with Gasteiger partial charge in [0.05, 0.1) is 13.2 Å². The van der Waals surface area contributed by atoms with Crippen LogP contribution in [0.15, 0.2) is 10.6 Å². The topological polar surface area (TPSA) is 69.8 Å². The average molecular weight is 301 g/mol. The number of carbonyl (C=O) groups excluding carboxylic acids is 1. The molecule has 0 radical (unpaired) electrons. The molecule has 1 aromatic rings. The Labute approximate surface area is 120 Å². The van der Waals surface area contributed by atoms with Crippen LogP contribution in [-0.4, -0.2) is 70.2 Å². The maximum atomic E-state index is 13.4. The average Bonchev–Trinajstić information content (AvgIpc) is 2.91. The second kappa shape index (κ2) is 5.03. The lowest BCUT2D eigenvalue weighted by molar-refractivity contribution is -0.0127. The fraction of sp³-hybridized carbons (Fsp3) is 0.692. The molecule has 2 aliphatic rings. The monoisotopic (exact) mass is 301 g/mol. The number of rotatable bonds is 3. The number of halogens is 2. The van der Waals surface area contributed by atoms with E-state index in [1.165, 1.54) is 0 Å². The molecule has 8 heteroatoms. The zero-order valence-electron chi connectivity index (χ0n) is 11.6. The number of aliphatic hydroxyl groups is 1. The van der Waals surface area contributed by atoms with Crippen LogP contribution in [0.5, 0.6) is 0 Å². The van der Waals surface area contributed by atoms with Crippen LogP contribution in [0.25, 0.3) is 0 Å². The minimum absolute atomic E-state index is 0.132. The molecule has 1 amide bonds. The number of amides is 1. The SMILES string of the molecule is Cc1cc(C(=O)N2CC(N3CC(F)(F)C[C@H]3CO)C2)no1. The lowest BCUT2D eigenvalue weighted by atomic mass is 10.1. The first kappa shape index (κ1) is 14.4. The zero-order chi connectivity index (χ0) is 15.2. The molecule has 3 heterocycles. The maximum absolute atomic E-state index is 13.4. The minimum atomic E-state index is -2.76. The summed E-state index contributed by atoms with van der Waals surface area (Å²) >= 11 is 0. The van der Waals surface area contributed by atoms with Crippen LogP contribution in [0.3, 0.4) is 0 Å². The Bertz CT molecular complexity index is 543. The molecular weight excluding hydrogens is 284 g/mol. The van der Waals surface area contributed by atoms with Crippen LogP contribution in [0.2, 0.25) is 0 Å². The normalized spacial score (nSPS) is 26.1. The third-order valence-corrected chi connectivity index (χ3v) is 4.09. The molecule has 2 fully saturated rings. The molecule has 116 valence electrons. The molecule has 0 aliphatic carbocycles. The smallest absolute Gasteiger partial charge is 0.276 e. The van der Waals surface area contributed by atoms with Gasteiger partial charge in [0.1, 0.15) is 5.76 Å². The van der Waals surface area contributed by atoms with Gasteiger partial charge in [-0.25, -0.2) is 8.78 Å². The molecular formula is C13H17F2N3O3. The highest BCUT2D eigenvalue weighted by Crippen LogP contribution is 2.35. The summed E-state index contributed by atoms with van der Waals surface area (Å²) in [7, 11) is 0. The van der Waals surface area contributed by atoms with E-state index in [2.05, 4.69) is 5.16 Å². The zero-order valence-corrected chi connectivity index (χ0v) is 11.6. The van der Waals surface area contributed by atoms with Crippen LogP contribution in [0, 0.1) is 6.92 Å². The Morgan fingerprint density at radius 1 is 1.57 bits per heavy atom. The van der Waals surface area contributed by atoms with Crippen molar-refractivity contribution in [2.75, 3.05) is 26.2 Å². The van der Waals surface area contributed by atoms with Crippen molar-refractivity contribution in [3.05, 3.63) is 17.5 Å². The summed E-state index contributed by atoms with van der Waals surface area (Å²) in [6.07, 6.45) is -0.323. The number of hydrogen-bond donors (Lipinski definition) is 1. The summed E-state index contributed by atoms with van der Waals surface area (Å²) in [6, 6.07) is 0.889. The van der Waals surface area contributed by atoms with Gasteiger partial charge in [0, 0.05) is 37.7 Å². The summed E-state index contributed by atoms with van der Waals surface area (Å²) in [5.74, 6) is -2.47. The molecule has 1 atom stereocenters. The molecule has 6 nitrogen and oxygen atoms in total. The van der Waals surface area contributed by atoms with Gasteiger partial charge in [-0.05, 0) is 6.92 Å². The fourth-order valence-corrected chi connectivity index (χ4v) is 2.98. The van der Waals surface area contributed by atoms with Gasteiger partial charge in [0.25, 0.3) is 11.8 Å². The van der Waals surface area contributed by atoms with E-state index in [0.29, 0.717) is 18.8 Å². The van der Waals surface area contributed by atoms with E-state index in [9.17, 15) is 18.7 Å². The molecule has 0 aromatic carbocycles. The van der Waals surface area contributed by atoms with Crippen molar-refractivity contribution in [1.29, 1.82) is 0 Å². The Morgan fingerprint density at radius 2 is 2.29 bits per heavy atom. The number of carbonyl (C=O) groups is 1. The number of aliphatic hydroxyl groups excluding tert-OH is 1. The van der Waals surface area contributed by atoms with Gasteiger partial charge in [0.2, 0.25) is 0 Å². The molecule has 3 rings (SSSR count). The second-order valence-corrected chi connectivity index (χ2v) is 5.76. The van der Waals surface area contributed by atoms with Crippen LogP contribution < -0.4 is 0 Å². The maximum Gasteiger partial charge on any atom is 0.276 e. The van der Waals surface area contributed by atoms with E-state index in [0.717, 1.165) is 0 Å². The molecule has 1 aromatic heterocycles. The summed E-state index contributed by atoms with van der Waals surface area (Å²) in [5.41, 5.74) is 0.233. The van der Waals surface area contributed by atoms with E-state index in [4.69, 9.17) is 4.52 Å². The van der Waals surface area contributed by atoms with Crippen molar-refractivity contribution in [1.82, 2.24) is 15.0 Å². The van der Waals surface area contributed by atoms with Crippen LogP contribution in [0.1, 0.15) is 22.7 Å². The Hall–Kier alpha value is -1.54. The summed E-state index contributed by atoms with van der Waals surface area (Å²) in [5, 5.41) is 12.9. The molecule has 0 unspecified atom stereocenters. The lowest BCUT2D eigenvalue weighted by Gasteiger charge is -2.45. The Kier molecular flexibility index (Phi) is 3.45. The van der Waals surface area contributed by atoms with Gasteiger partial charge in [-0.1, -0.05) is 5.16 Å². The largest absolute Gasteiger partial charge is 0.395 e. The first-order valence-electron chi connectivity index (χ1n) is 6.86. The third kappa shape index (κ3) is 2.65. The predicted octanol–water partition coefficient (Wildman–Crippen LogP) is 0.509. The van der Waals surface area contributed by atoms with Crippen LogP contribution >= 0.6 is 0 Å².